The zero-order chi connectivity index (χ0) is 23.5. The Morgan fingerprint density at radius 3 is 2.76 bits per heavy atom. The number of hydrogen-bond acceptors (Lipinski definition) is 10. The van der Waals surface area contributed by atoms with E-state index in [1.807, 2.05) is 0 Å². The van der Waals surface area contributed by atoms with E-state index in [4.69, 9.17) is 19.6 Å². The van der Waals surface area contributed by atoms with Gasteiger partial charge in [0.2, 0.25) is 11.1 Å². The third-order valence-corrected chi connectivity index (χ3v) is 4.93. The highest BCUT2D eigenvalue weighted by atomic mass is 16.5. The molecule has 0 aliphatic heterocycles. The van der Waals surface area contributed by atoms with Crippen LogP contribution in [0.1, 0.15) is 35.3 Å². The minimum absolute atomic E-state index is 0.0183. The molecule has 4 aromatic rings. The summed E-state index contributed by atoms with van der Waals surface area (Å²) < 4.78 is 17.4. The highest BCUT2D eigenvalue weighted by Crippen LogP contribution is 2.29. The molecule has 4 rings (SSSR count). The van der Waals surface area contributed by atoms with E-state index in [0.717, 1.165) is 0 Å². The van der Waals surface area contributed by atoms with Crippen molar-refractivity contribution >= 4 is 39.8 Å². The summed E-state index contributed by atoms with van der Waals surface area (Å²) in [5.41, 5.74) is 6.74. The van der Waals surface area contributed by atoms with Crippen molar-refractivity contribution in [1.82, 2.24) is 19.7 Å². The third kappa shape index (κ3) is 4.38. The molecule has 0 spiro atoms. The van der Waals surface area contributed by atoms with Crippen LogP contribution in [0.4, 0.5) is 5.82 Å². The summed E-state index contributed by atoms with van der Waals surface area (Å²) in [6.07, 6.45) is 1.24. The molecule has 11 nitrogen and oxygen atoms in total. The molecule has 0 unspecified atom stereocenters. The number of carbonyl (C=O) groups excluding carboxylic acids is 2. The first kappa shape index (κ1) is 21.9. The number of nitrogen functional groups attached to an aromatic ring is 1. The molecule has 1 aromatic carbocycles. The first-order valence-electron chi connectivity index (χ1n) is 10.2. The predicted octanol–water partition coefficient (Wildman–Crippen LogP) is 2.13. The lowest BCUT2D eigenvalue weighted by molar-refractivity contribution is -0.145. The molecule has 11 heteroatoms. The van der Waals surface area contributed by atoms with Gasteiger partial charge < -0.3 is 19.6 Å². The van der Waals surface area contributed by atoms with Crippen molar-refractivity contribution in [2.75, 3.05) is 12.3 Å². The van der Waals surface area contributed by atoms with Gasteiger partial charge in [0.25, 0.3) is 0 Å². The SMILES string of the molecule is CCOC(=O)c1c(C)oc2nc(COC(=O)CCn3ncc(=O)c4ccccc43)nc(N)c12. The van der Waals surface area contributed by atoms with Gasteiger partial charge in [-0.25, -0.2) is 9.78 Å². The van der Waals surface area contributed by atoms with Crippen molar-refractivity contribution in [3.8, 4) is 0 Å². The van der Waals surface area contributed by atoms with E-state index in [1.54, 1.807) is 42.8 Å². The fourth-order valence-electron chi connectivity index (χ4n) is 3.45. The maximum Gasteiger partial charge on any atom is 0.342 e. The molecule has 170 valence electrons. The normalized spacial score (nSPS) is 11.1. The summed E-state index contributed by atoms with van der Waals surface area (Å²) in [5.74, 6) is -0.629. The lowest BCUT2D eigenvalue weighted by atomic mass is 10.2. The van der Waals surface area contributed by atoms with Crippen LogP contribution in [0.5, 0.6) is 0 Å². The van der Waals surface area contributed by atoms with Gasteiger partial charge in [-0.1, -0.05) is 12.1 Å². The van der Waals surface area contributed by atoms with Gasteiger partial charge in [-0.15, -0.1) is 0 Å². The average molecular weight is 451 g/mol. The Labute approximate surface area is 187 Å². The lowest BCUT2D eigenvalue weighted by Crippen LogP contribution is -2.16. The minimum Gasteiger partial charge on any atom is -0.462 e. The summed E-state index contributed by atoms with van der Waals surface area (Å²) >= 11 is 0. The van der Waals surface area contributed by atoms with Gasteiger partial charge in [0.1, 0.15) is 17.1 Å². The number of anilines is 1. The Kier molecular flexibility index (Phi) is 6.03. The second kappa shape index (κ2) is 9.07. The van der Waals surface area contributed by atoms with Crippen LogP contribution in [-0.2, 0) is 27.4 Å². The number of ether oxygens (including phenoxy) is 2. The number of aryl methyl sites for hydroxylation is 2. The van der Waals surface area contributed by atoms with Gasteiger partial charge in [0.15, 0.2) is 12.4 Å². The lowest BCUT2D eigenvalue weighted by Gasteiger charge is -2.09. The maximum absolute atomic E-state index is 12.3. The minimum atomic E-state index is -0.577. The topological polar surface area (TPSA) is 152 Å². The fraction of sp³-hybridized carbons (Fsp3) is 0.273. The van der Waals surface area contributed by atoms with Gasteiger partial charge in [-0.2, -0.15) is 10.1 Å². The zero-order valence-corrected chi connectivity index (χ0v) is 18.0. The zero-order valence-electron chi connectivity index (χ0n) is 18.0. The molecule has 2 N–H and O–H groups in total. The molecule has 0 fully saturated rings. The molecule has 0 bridgehead atoms. The van der Waals surface area contributed by atoms with Crippen molar-refractivity contribution in [1.29, 1.82) is 0 Å². The molecule has 0 radical (unpaired) electrons. The van der Waals surface area contributed by atoms with Crippen molar-refractivity contribution in [2.45, 2.75) is 33.4 Å². The number of carbonyl (C=O) groups is 2. The van der Waals surface area contributed by atoms with E-state index >= 15 is 0 Å². The van der Waals surface area contributed by atoms with E-state index in [2.05, 4.69) is 15.1 Å². The molecular weight excluding hydrogens is 430 g/mol. The Morgan fingerprint density at radius 1 is 1.18 bits per heavy atom. The smallest absolute Gasteiger partial charge is 0.342 e. The molecule has 0 aliphatic carbocycles. The maximum atomic E-state index is 12.3. The Morgan fingerprint density at radius 2 is 1.97 bits per heavy atom. The quantitative estimate of drug-likeness (QED) is 0.413. The number of benzene rings is 1. The summed E-state index contributed by atoms with van der Waals surface area (Å²) in [6, 6.07) is 7.02. The number of rotatable bonds is 7. The largest absolute Gasteiger partial charge is 0.462 e. The highest BCUT2D eigenvalue weighted by molar-refractivity contribution is 6.07. The number of nitrogens with zero attached hydrogens (tertiary/aromatic N) is 4. The van der Waals surface area contributed by atoms with Gasteiger partial charge >= 0.3 is 11.9 Å². The van der Waals surface area contributed by atoms with E-state index < -0.39 is 11.9 Å². The molecule has 0 saturated heterocycles. The summed E-state index contributed by atoms with van der Waals surface area (Å²) in [6.45, 7) is 3.48. The molecule has 3 heterocycles. The number of hydrogen-bond donors (Lipinski definition) is 1. The van der Waals surface area contributed by atoms with E-state index in [0.29, 0.717) is 16.7 Å². The van der Waals surface area contributed by atoms with Gasteiger partial charge in [0.05, 0.1) is 36.7 Å². The number of aromatic nitrogens is 4. The van der Waals surface area contributed by atoms with Crippen LogP contribution in [-0.4, -0.2) is 38.3 Å². The van der Waals surface area contributed by atoms with E-state index in [9.17, 15) is 14.4 Å². The molecule has 0 saturated carbocycles. The molecule has 3 aromatic heterocycles. The van der Waals surface area contributed by atoms with Crippen molar-refractivity contribution in [2.24, 2.45) is 0 Å². The van der Waals surface area contributed by atoms with Crippen molar-refractivity contribution in [3.05, 3.63) is 57.8 Å². The van der Waals surface area contributed by atoms with E-state index in [1.165, 1.54) is 6.20 Å². The first-order chi connectivity index (χ1) is 15.9. The highest BCUT2D eigenvalue weighted by Gasteiger charge is 2.24. The number of fused-ring (bicyclic) bond motifs is 2. The average Bonchev–Trinajstić information content (AvgIpc) is 3.14. The van der Waals surface area contributed by atoms with Gasteiger partial charge in [0, 0.05) is 5.39 Å². The Balaban J connectivity index is 1.45. The van der Waals surface area contributed by atoms with Crippen molar-refractivity contribution in [3.63, 3.8) is 0 Å². The first-order valence-corrected chi connectivity index (χ1v) is 10.2. The molecule has 0 aliphatic rings. The van der Waals surface area contributed by atoms with E-state index in [-0.39, 0.29) is 59.9 Å². The van der Waals surface area contributed by atoms with Crippen LogP contribution < -0.4 is 11.2 Å². The number of furan rings is 1. The second-order valence-electron chi connectivity index (χ2n) is 7.12. The molecule has 33 heavy (non-hydrogen) atoms. The summed E-state index contributed by atoms with van der Waals surface area (Å²) in [5, 5.41) is 4.87. The monoisotopic (exact) mass is 451 g/mol. The predicted molar refractivity (Wildman–Crippen MR) is 117 cm³/mol. The molecular formula is C22H21N5O6. The standard InChI is InChI=1S/C22H21N5O6/c1-3-31-22(30)18-12(2)33-21-19(18)20(23)25-16(26-21)11-32-17(29)8-9-27-14-7-5-4-6-13(14)15(28)10-24-27/h4-7,10H,3,8-9,11H2,1-2H3,(H2,23,25,26). The summed E-state index contributed by atoms with van der Waals surface area (Å²) in [4.78, 5) is 44.7. The summed E-state index contributed by atoms with van der Waals surface area (Å²) in [7, 11) is 0. The third-order valence-electron chi connectivity index (χ3n) is 4.93. The van der Waals surface area contributed by atoms with Gasteiger partial charge in [-0.3, -0.25) is 14.3 Å². The Bertz CT molecular complexity index is 1420. The molecule has 0 amide bonds. The van der Waals surface area contributed by atoms with Crippen LogP contribution >= 0.6 is 0 Å². The van der Waals surface area contributed by atoms with Crippen molar-refractivity contribution < 1.29 is 23.5 Å². The molecule has 0 atom stereocenters. The van der Waals surface area contributed by atoms with Gasteiger partial charge in [-0.05, 0) is 26.0 Å². The van der Waals surface area contributed by atoms with Crippen LogP contribution in [0, 0.1) is 6.92 Å². The fourth-order valence-corrected chi connectivity index (χ4v) is 3.45. The second-order valence-corrected chi connectivity index (χ2v) is 7.12. The number of nitrogens with two attached hydrogens (primary N) is 1. The van der Waals surface area contributed by atoms with Crippen LogP contribution in [0.15, 0.2) is 39.7 Å². The van der Waals surface area contributed by atoms with Crippen LogP contribution in [0.2, 0.25) is 0 Å². The Hall–Kier alpha value is -4.28. The number of para-hydroxylation sites is 1. The number of esters is 2. The van der Waals surface area contributed by atoms with Crippen LogP contribution in [0.3, 0.4) is 0 Å². The van der Waals surface area contributed by atoms with Crippen LogP contribution in [0.25, 0.3) is 22.0 Å².